The van der Waals surface area contributed by atoms with Crippen LogP contribution in [0.4, 0.5) is 0 Å². The average molecular weight is 367 g/mol. The van der Waals surface area contributed by atoms with Crippen LogP contribution in [0, 0.1) is 5.92 Å². The van der Waals surface area contributed by atoms with Gasteiger partial charge in [-0.15, -0.1) is 0 Å². The summed E-state index contributed by atoms with van der Waals surface area (Å²) in [7, 11) is 0. The minimum Gasteiger partial charge on any atom is -0.370 e. The Morgan fingerprint density at radius 3 is 2.77 bits per heavy atom. The topological polar surface area (TPSA) is 55.6 Å². The lowest BCUT2D eigenvalue weighted by molar-refractivity contribution is -0.144. The molecule has 0 bridgehead atoms. The summed E-state index contributed by atoms with van der Waals surface area (Å²) >= 11 is 3.45. The maximum Gasteiger partial charge on any atom is 0.225 e. The first-order chi connectivity index (χ1) is 10.6. The van der Waals surface area contributed by atoms with Gasteiger partial charge in [-0.3, -0.25) is 4.79 Å². The van der Waals surface area contributed by atoms with Crippen LogP contribution in [-0.2, 0) is 9.53 Å². The first-order valence-electron chi connectivity index (χ1n) is 8.05. The summed E-state index contributed by atoms with van der Waals surface area (Å²) in [6, 6.07) is 8.32. The minimum atomic E-state index is -0.0249. The molecule has 0 aromatic heterocycles. The quantitative estimate of drug-likeness (QED) is 0.875. The molecule has 1 saturated carbocycles. The molecule has 0 spiro atoms. The monoisotopic (exact) mass is 366 g/mol. The SMILES string of the molecule is NC1CCCC(C(=O)N2CCOC(c3ccc(Br)cc3)C2)C1. The van der Waals surface area contributed by atoms with Crippen molar-refractivity contribution in [2.45, 2.75) is 37.8 Å². The summed E-state index contributed by atoms with van der Waals surface area (Å²) in [4.78, 5) is 14.7. The molecule has 2 fully saturated rings. The van der Waals surface area contributed by atoms with Gasteiger partial charge in [0.1, 0.15) is 6.10 Å². The normalized spacial score (nSPS) is 29.4. The third kappa shape index (κ3) is 3.70. The number of ether oxygens (including phenoxy) is 1. The Morgan fingerprint density at radius 2 is 2.05 bits per heavy atom. The van der Waals surface area contributed by atoms with E-state index < -0.39 is 0 Å². The van der Waals surface area contributed by atoms with Crippen LogP contribution in [0.5, 0.6) is 0 Å². The van der Waals surface area contributed by atoms with E-state index in [0.717, 1.165) is 35.7 Å². The van der Waals surface area contributed by atoms with Gasteiger partial charge in [0.25, 0.3) is 0 Å². The van der Waals surface area contributed by atoms with Crippen LogP contribution in [-0.4, -0.2) is 36.5 Å². The van der Waals surface area contributed by atoms with Crippen molar-refractivity contribution >= 4 is 21.8 Å². The highest BCUT2D eigenvalue weighted by Crippen LogP contribution is 2.28. The number of amides is 1. The third-order valence-corrected chi connectivity index (χ3v) is 5.21. The van der Waals surface area contributed by atoms with E-state index in [9.17, 15) is 4.79 Å². The fourth-order valence-corrected chi connectivity index (χ4v) is 3.70. The molecule has 1 aromatic carbocycles. The van der Waals surface area contributed by atoms with Crippen molar-refractivity contribution in [2.24, 2.45) is 11.7 Å². The number of rotatable bonds is 2. The van der Waals surface area contributed by atoms with E-state index in [1.165, 1.54) is 0 Å². The van der Waals surface area contributed by atoms with E-state index in [0.29, 0.717) is 19.7 Å². The van der Waals surface area contributed by atoms with E-state index in [2.05, 4.69) is 28.1 Å². The summed E-state index contributed by atoms with van der Waals surface area (Å²) in [6.45, 7) is 1.94. The predicted molar refractivity (Wildman–Crippen MR) is 89.3 cm³/mol. The largest absolute Gasteiger partial charge is 0.370 e. The van der Waals surface area contributed by atoms with Crippen LogP contribution < -0.4 is 5.73 Å². The molecule has 4 nitrogen and oxygen atoms in total. The van der Waals surface area contributed by atoms with Gasteiger partial charge in [-0.2, -0.15) is 0 Å². The van der Waals surface area contributed by atoms with Crippen LogP contribution in [0.2, 0.25) is 0 Å². The Labute approximate surface area is 140 Å². The minimum absolute atomic E-state index is 0.0249. The second-order valence-corrected chi connectivity index (χ2v) is 7.23. The molecule has 5 heteroatoms. The molecule has 1 aliphatic heterocycles. The molecule has 1 saturated heterocycles. The lowest BCUT2D eigenvalue weighted by atomic mass is 9.85. The van der Waals surface area contributed by atoms with Gasteiger partial charge in [0, 0.05) is 23.0 Å². The number of morpholine rings is 1. The summed E-state index contributed by atoms with van der Waals surface area (Å²) in [5.74, 6) is 0.368. The number of carbonyl (C=O) groups excluding carboxylic acids is 1. The molecule has 1 amide bonds. The molecule has 2 N–H and O–H groups in total. The Kier molecular flexibility index (Phi) is 5.16. The maximum atomic E-state index is 12.7. The Bertz CT molecular complexity index is 520. The van der Waals surface area contributed by atoms with Gasteiger partial charge in [0.05, 0.1) is 13.2 Å². The molecule has 1 heterocycles. The van der Waals surface area contributed by atoms with Gasteiger partial charge in [-0.25, -0.2) is 0 Å². The van der Waals surface area contributed by atoms with E-state index >= 15 is 0 Å². The fourth-order valence-electron chi connectivity index (χ4n) is 3.44. The van der Waals surface area contributed by atoms with E-state index in [-0.39, 0.29) is 24.0 Å². The smallest absolute Gasteiger partial charge is 0.225 e. The summed E-state index contributed by atoms with van der Waals surface area (Å²) in [5.41, 5.74) is 7.15. The van der Waals surface area contributed by atoms with Crippen molar-refractivity contribution in [1.29, 1.82) is 0 Å². The second-order valence-electron chi connectivity index (χ2n) is 6.32. The van der Waals surface area contributed by atoms with E-state index in [1.807, 2.05) is 17.0 Å². The molecule has 3 unspecified atom stereocenters. The molecule has 3 atom stereocenters. The third-order valence-electron chi connectivity index (χ3n) is 4.68. The number of hydrogen-bond donors (Lipinski definition) is 1. The summed E-state index contributed by atoms with van der Waals surface area (Å²) in [5, 5.41) is 0. The number of hydrogen-bond acceptors (Lipinski definition) is 3. The van der Waals surface area contributed by atoms with Gasteiger partial charge in [-0.1, -0.05) is 34.5 Å². The van der Waals surface area contributed by atoms with E-state index in [4.69, 9.17) is 10.5 Å². The standard InChI is InChI=1S/C17H23BrN2O2/c18-14-6-4-12(5-7-14)16-11-20(8-9-22-16)17(21)13-2-1-3-15(19)10-13/h4-7,13,15-16H,1-3,8-11,19H2. The van der Waals surface area contributed by atoms with Gasteiger partial charge in [-0.05, 0) is 37.0 Å². The van der Waals surface area contributed by atoms with Crippen molar-refractivity contribution in [1.82, 2.24) is 4.90 Å². The molecule has 3 rings (SSSR count). The summed E-state index contributed by atoms with van der Waals surface area (Å²) < 4.78 is 6.91. The number of halogens is 1. The van der Waals surface area contributed by atoms with E-state index in [1.54, 1.807) is 0 Å². The Balaban J connectivity index is 1.64. The lowest BCUT2D eigenvalue weighted by Gasteiger charge is -2.37. The van der Waals surface area contributed by atoms with Crippen molar-refractivity contribution in [2.75, 3.05) is 19.7 Å². The first kappa shape index (κ1) is 16.0. The lowest BCUT2D eigenvalue weighted by Crippen LogP contribution is -2.46. The van der Waals surface area contributed by atoms with Crippen LogP contribution in [0.3, 0.4) is 0 Å². The zero-order valence-electron chi connectivity index (χ0n) is 12.7. The number of benzene rings is 1. The zero-order valence-corrected chi connectivity index (χ0v) is 14.3. The van der Waals surface area contributed by atoms with Crippen LogP contribution in [0.25, 0.3) is 0 Å². The van der Waals surface area contributed by atoms with Crippen LogP contribution in [0.1, 0.15) is 37.4 Å². The molecule has 2 aliphatic rings. The number of nitrogens with two attached hydrogens (primary N) is 1. The number of carbonyl (C=O) groups is 1. The first-order valence-corrected chi connectivity index (χ1v) is 8.84. The molecular formula is C17H23BrN2O2. The Morgan fingerprint density at radius 1 is 1.27 bits per heavy atom. The second kappa shape index (κ2) is 7.11. The Hall–Kier alpha value is -0.910. The predicted octanol–water partition coefficient (Wildman–Crippen LogP) is 2.87. The molecule has 22 heavy (non-hydrogen) atoms. The van der Waals surface area contributed by atoms with Gasteiger partial charge in [0.2, 0.25) is 5.91 Å². The fraction of sp³-hybridized carbons (Fsp3) is 0.588. The number of nitrogens with zero attached hydrogens (tertiary/aromatic N) is 1. The van der Waals surface area contributed by atoms with Crippen molar-refractivity contribution < 1.29 is 9.53 Å². The average Bonchev–Trinajstić information content (AvgIpc) is 2.55. The summed E-state index contributed by atoms with van der Waals surface area (Å²) in [6.07, 6.45) is 3.90. The molecular weight excluding hydrogens is 344 g/mol. The van der Waals surface area contributed by atoms with Gasteiger partial charge < -0.3 is 15.4 Å². The zero-order chi connectivity index (χ0) is 15.5. The molecule has 120 valence electrons. The molecule has 0 radical (unpaired) electrons. The van der Waals surface area contributed by atoms with Gasteiger partial charge >= 0.3 is 0 Å². The molecule has 1 aliphatic carbocycles. The van der Waals surface area contributed by atoms with Crippen molar-refractivity contribution in [3.05, 3.63) is 34.3 Å². The van der Waals surface area contributed by atoms with Crippen molar-refractivity contribution in [3.63, 3.8) is 0 Å². The molecule has 1 aromatic rings. The van der Waals surface area contributed by atoms with Crippen molar-refractivity contribution in [3.8, 4) is 0 Å². The highest BCUT2D eigenvalue weighted by molar-refractivity contribution is 9.10. The highest BCUT2D eigenvalue weighted by atomic mass is 79.9. The van der Waals surface area contributed by atoms with Gasteiger partial charge in [0.15, 0.2) is 0 Å². The maximum absolute atomic E-state index is 12.7. The highest BCUT2D eigenvalue weighted by Gasteiger charge is 2.32. The van der Waals surface area contributed by atoms with Crippen LogP contribution >= 0.6 is 15.9 Å². The van der Waals surface area contributed by atoms with Crippen LogP contribution in [0.15, 0.2) is 28.7 Å².